The van der Waals surface area contributed by atoms with E-state index in [0.717, 1.165) is 22.4 Å². The van der Waals surface area contributed by atoms with Gasteiger partial charge in [0.15, 0.2) is 0 Å². The van der Waals surface area contributed by atoms with Crippen molar-refractivity contribution in [1.29, 1.82) is 0 Å². The third kappa shape index (κ3) is 1.92. The standard InChI is InChI=1S/C13H11N3O/c17-13-15-11-7-6-10(8-12(11)16-13)14-9-4-2-1-3-5-9/h1-8,14H,(H2,15,16,17). The molecule has 3 rings (SSSR count). The Kier molecular flexibility index (Phi) is 2.19. The van der Waals surface area contributed by atoms with Crippen LogP contribution in [-0.2, 0) is 0 Å². The normalized spacial score (nSPS) is 10.6. The van der Waals surface area contributed by atoms with E-state index in [1.165, 1.54) is 0 Å². The van der Waals surface area contributed by atoms with Crippen LogP contribution in [0.3, 0.4) is 0 Å². The van der Waals surface area contributed by atoms with Crippen molar-refractivity contribution in [3.63, 3.8) is 0 Å². The minimum absolute atomic E-state index is 0.183. The summed E-state index contributed by atoms with van der Waals surface area (Å²) in [7, 11) is 0. The second kappa shape index (κ2) is 3.83. The van der Waals surface area contributed by atoms with Crippen LogP contribution in [0.1, 0.15) is 0 Å². The number of para-hydroxylation sites is 1. The van der Waals surface area contributed by atoms with Gasteiger partial charge in [0.25, 0.3) is 0 Å². The van der Waals surface area contributed by atoms with Gasteiger partial charge in [0.2, 0.25) is 0 Å². The first-order chi connectivity index (χ1) is 8.31. The second-order valence-corrected chi connectivity index (χ2v) is 3.83. The van der Waals surface area contributed by atoms with E-state index in [1.54, 1.807) is 0 Å². The molecule has 3 N–H and O–H groups in total. The van der Waals surface area contributed by atoms with Gasteiger partial charge in [0.05, 0.1) is 11.0 Å². The third-order valence-corrected chi connectivity index (χ3v) is 2.58. The molecule has 1 heterocycles. The zero-order valence-electron chi connectivity index (χ0n) is 9.03. The molecule has 0 spiro atoms. The molecular formula is C13H11N3O. The van der Waals surface area contributed by atoms with Crippen LogP contribution in [0.25, 0.3) is 11.0 Å². The fraction of sp³-hybridized carbons (Fsp3) is 0. The molecule has 1 aromatic heterocycles. The molecule has 4 heteroatoms. The van der Waals surface area contributed by atoms with Gasteiger partial charge < -0.3 is 15.3 Å². The number of hydrogen-bond acceptors (Lipinski definition) is 2. The van der Waals surface area contributed by atoms with Gasteiger partial charge in [0, 0.05) is 11.4 Å². The lowest BCUT2D eigenvalue weighted by molar-refractivity contribution is 1.22. The molecule has 0 atom stereocenters. The Hall–Kier alpha value is -2.49. The molecule has 0 saturated heterocycles. The predicted molar refractivity (Wildman–Crippen MR) is 68.6 cm³/mol. The molecular weight excluding hydrogens is 214 g/mol. The lowest BCUT2D eigenvalue weighted by Gasteiger charge is -2.05. The van der Waals surface area contributed by atoms with Crippen LogP contribution in [0, 0.1) is 0 Å². The highest BCUT2D eigenvalue weighted by Gasteiger charge is 1.99. The van der Waals surface area contributed by atoms with Crippen molar-refractivity contribution < 1.29 is 0 Å². The number of nitrogens with one attached hydrogen (secondary N) is 3. The molecule has 0 bridgehead atoms. The van der Waals surface area contributed by atoms with Crippen molar-refractivity contribution in [2.45, 2.75) is 0 Å². The van der Waals surface area contributed by atoms with E-state index in [-0.39, 0.29) is 5.69 Å². The predicted octanol–water partition coefficient (Wildman–Crippen LogP) is 2.60. The zero-order chi connectivity index (χ0) is 11.7. The Balaban J connectivity index is 1.98. The van der Waals surface area contributed by atoms with Crippen molar-refractivity contribution in [2.24, 2.45) is 0 Å². The van der Waals surface area contributed by atoms with Crippen LogP contribution in [0.4, 0.5) is 11.4 Å². The molecule has 84 valence electrons. The van der Waals surface area contributed by atoms with Gasteiger partial charge in [-0.25, -0.2) is 4.79 Å². The first kappa shape index (κ1) is 9.72. The maximum absolute atomic E-state index is 11.1. The number of fused-ring (bicyclic) bond motifs is 1. The number of benzene rings is 2. The Labute approximate surface area is 97.3 Å². The van der Waals surface area contributed by atoms with E-state index >= 15 is 0 Å². The number of imidazole rings is 1. The van der Waals surface area contributed by atoms with Gasteiger partial charge >= 0.3 is 5.69 Å². The molecule has 0 fully saturated rings. The monoisotopic (exact) mass is 225 g/mol. The average Bonchev–Trinajstić information content (AvgIpc) is 2.70. The van der Waals surface area contributed by atoms with Crippen LogP contribution in [0.2, 0.25) is 0 Å². The maximum atomic E-state index is 11.1. The number of rotatable bonds is 2. The Morgan fingerprint density at radius 2 is 1.59 bits per heavy atom. The summed E-state index contributed by atoms with van der Waals surface area (Å²) in [5, 5.41) is 3.27. The van der Waals surface area contributed by atoms with Crippen LogP contribution >= 0.6 is 0 Å². The number of hydrogen-bond donors (Lipinski definition) is 3. The Morgan fingerprint density at radius 1 is 0.824 bits per heavy atom. The van der Waals surface area contributed by atoms with E-state index in [4.69, 9.17) is 0 Å². The van der Waals surface area contributed by atoms with Crippen LogP contribution in [0.5, 0.6) is 0 Å². The van der Waals surface area contributed by atoms with Gasteiger partial charge in [-0.1, -0.05) is 18.2 Å². The van der Waals surface area contributed by atoms with E-state index in [2.05, 4.69) is 15.3 Å². The Bertz CT molecular complexity index is 697. The summed E-state index contributed by atoms with van der Waals surface area (Å²) in [5.41, 5.74) is 3.39. The van der Waals surface area contributed by atoms with E-state index in [1.807, 2.05) is 48.5 Å². The maximum Gasteiger partial charge on any atom is 0.323 e. The second-order valence-electron chi connectivity index (χ2n) is 3.83. The van der Waals surface area contributed by atoms with Crippen molar-refractivity contribution in [2.75, 3.05) is 5.32 Å². The molecule has 0 saturated carbocycles. The van der Waals surface area contributed by atoms with Gasteiger partial charge in [-0.3, -0.25) is 0 Å². The van der Waals surface area contributed by atoms with Gasteiger partial charge in [-0.05, 0) is 30.3 Å². The fourth-order valence-corrected chi connectivity index (χ4v) is 1.80. The largest absolute Gasteiger partial charge is 0.355 e. The number of aromatic amines is 2. The Morgan fingerprint density at radius 3 is 2.41 bits per heavy atom. The summed E-state index contributed by atoms with van der Waals surface area (Å²) in [4.78, 5) is 16.6. The molecule has 3 aromatic rings. The van der Waals surface area contributed by atoms with Crippen LogP contribution < -0.4 is 11.0 Å². The molecule has 0 aliphatic heterocycles. The first-order valence-corrected chi connectivity index (χ1v) is 5.35. The van der Waals surface area contributed by atoms with Crippen molar-refractivity contribution in [3.05, 3.63) is 59.0 Å². The number of anilines is 2. The topological polar surface area (TPSA) is 60.7 Å². The fourth-order valence-electron chi connectivity index (χ4n) is 1.80. The molecule has 0 amide bonds. The summed E-state index contributed by atoms with van der Waals surface area (Å²) >= 11 is 0. The molecule has 0 aliphatic rings. The zero-order valence-corrected chi connectivity index (χ0v) is 9.03. The molecule has 2 aromatic carbocycles. The molecule has 0 radical (unpaired) electrons. The highest BCUT2D eigenvalue weighted by molar-refractivity contribution is 5.80. The minimum atomic E-state index is -0.183. The molecule has 4 nitrogen and oxygen atoms in total. The van der Waals surface area contributed by atoms with Gasteiger partial charge in [-0.2, -0.15) is 0 Å². The van der Waals surface area contributed by atoms with E-state index in [0.29, 0.717) is 0 Å². The summed E-state index contributed by atoms with van der Waals surface area (Å²) in [6, 6.07) is 15.6. The van der Waals surface area contributed by atoms with E-state index < -0.39 is 0 Å². The number of aromatic nitrogens is 2. The van der Waals surface area contributed by atoms with Crippen LogP contribution in [0.15, 0.2) is 53.3 Å². The van der Waals surface area contributed by atoms with Crippen molar-refractivity contribution in [3.8, 4) is 0 Å². The molecule has 0 unspecified atom stereocenters. The lowest BCUT2D eigenvalue weighted by atomic mass is 10.2. The van der Waals surface area contributed by atoms with Crippen LogP contribution in [-0.4, -0.2) is 9.97 Å². The SMILES string of the molecule is O=c1[nH]c2ccc(Nc3ccccc3)cc2[nH]1. The summed E-state index contributed by atoms with van der Waals surface area (Å²) < 4.78 is 0. The highest BCUT2D eigenvalue weighted by atomic mass is 16.1. The third-order valence-electron chi connectivity index (χ3n) is 2.58. The quantitative estimate of drug-likeness (QED) is 0.627. The average molecular weight is 225 g/mol. The van der Waals surface area contributed by atoms with Gasteiger partial charge in [-0.15, -0.1) is 0 Å². The minimum Gasteiger partial charge on any atom is -0.355 e. The van der Waals surface area contributed by atoms with Crippen molar-refractivity contribution in [1.82, 2.24) is 9.97 Å². The highest BCUT2D eigenvalue weighted by Crippen LogP contribution is 2.19. The van der Waals surface area contributed by atoms with Gasteiger partial charge in [0.1, 0.15) is 0 Å². The summed E-state index contributed by atoms with van der Waals surface area (Å²) in [5.74, 6) is 0. The molecule has 0 aliphatic carbocycles. The van der Waals surface area contributed by atoms with Crippen molar-refractivity contribution >= 4 is 22.4 Å². The molecule has 17 heavy (non-hydrogen) atoms. The first-order valence-electron chi connectivity index (χ1n) is 5.35. The summed E-state index contributed by atoms with van der Waals surface area (Å²) in [6.45, 7) is 0. The smallest absolute Gasteiger partial charge is 0.323 e. The lowest BCUT2D eigenvalue weighted by Crippen LogP contribution is -1.99. The number of H-pyrrole nitrogens is 2. The van der Waals surface area contributed by atoms with E-state index in [9.17, 15) is 4.79 Å². The summed E-state index contributed by atoms with van der Waals surface area (Å²) in [6.07, 6.45) is 0.